The maximum atomic E-state index is 9.83. The summed E-state index contributed by atoms with van der Waals surface area (Å²) in [5.41, 5.74) is 2.96. The number of aromatic hydroxyl groups is 1. The molecule has 0 spiro atoms. The summed E-state index contributed by atoms with van der Waals surface area (Å²) in [6.45, 7) is 8.63. The quantitative estimate of drug-likeness (QED) is 0.792. The first-order valence-electron chi connectivity index (χ1n) is 7.52. The van der Waals surface area contributed by atoms with Crippen LogP contribution in [0.4, 0.5) is 0 Å². The minimum absolute atomic E-state index is 0.188. The highest BCUT2D eigenvalue weighted by atomic mass is 16.3. The van der Waals surface area contributed by atoms with E-state index in [-0.39, 0.29) is 5.41 Å². The van der Waals surface area contributed by atoms with Gasteiger partial charge < -0.3 is 5.11 Å². The molecule has 2 heteroatoms. The zero-order valence-electron chi connectivity index (χ0n) is 12.6. The Balaban J connectivity index is 2.01. The number of benzene rings is 1. The summed E-state index contributed by atoms with van der Waals surface area (Å²) < 4.78 is 0. The number of phenols is 1. The fourth-order valence-electron chi connectivity index (χ4n) is 4.07. The van der Waals surface area contributed by atoms with E-state index in [0.717, 1.165) is 25.9 Å². The Morgan fingerprint density at radius 1 is 1.45 bits per heavy atom. The maximum absolute atomic E-state index is 9.83. The lowest BCUT2D eigenvalue weighted by Crippen LogP contribution is -2.57. The van der Waals surface area contributed by atoms with Gasteiger partial charge in [0.2, 0.25) is 0 Å². The number of rotatable bonds is 1. The fraction of sp³-hybridized carbons (Fsp3) is 0.556. The maximum Gasteiger partial charge on any atom is 0.115 e. The Morgan fingerprint density at radius 2 is 2.25 bits per heavy atom. The second-order valence-corrected chi connectivity index (χ2v) is 6.47. The van der Waals surface area contributed by atoms with Gasteiger partial charge in [0.05, 0.1) is 6.54 Å². The predicted molar refractivity (Wildman–Crippen MR) is 81.8 cm³/mol. The normalized spacial score (nSPS) is 32.1. The van der Waals surface area contributed by atoms with Crippen molar-refractivity contribution in [2.24, 2.45) is 5.92 Å². The monoisotopic (exact) mass is 269 g/mol. The zero-order valence-corrected chi connectivity index (χ0v) is 12.6. The van der Waals surface area contributed by atoms with E-state index in [1.165, 1.54) is 11.1 Å². The summed E-state index contributed by atoms with van der Waals surface area (Å²) in [5.74, 6) is 7.24. The van der Waals surface area contributed by atoms with Gasteiger partial charge >= 0.3 is 0 Å². The van der Waals surface area contributed by atoms with Crippen LogP contribution in [-0.2, 0) is 11.8 Å². The summed E-state index contributed by atoms with van der Waals surface area (Å²) in [7, 11) is 0. The predicted octanol–water partition coefficient (Wildman–Crippen LogP) is 2.94. The zero-order chi connectivity index (χ0) is 14.3. The number of likely N-dealkylation sites (tertiary alicyclic amines) is 1. The van der Waals surface area contributed by atoms with Gasteiger partial charge in [0.1, 0.15) is 5.75 Å². The van der Waals surface area contributed by atoms with Crippen molar-refractivity contribution >= 4 is 0 Å². The van der Waals surface area contributed by atoms with Crippen LogP contribution in [0.25, 0.3) is 0 Å². The molecule has 1 aromatic carbocycles. The van der Waals surface area contributed by atoms with Gasteiger partial charge in [0, 0.05) is 12.6 Å². The van der Waals surface area contributed by atoms with Gasteiger partial charge in [0.15, 0.2) is 0 Å². The molecule has 1 aromatic rings. The van der Waals surface area contributed by atoms with Crippen molar-refractivity contribution in [1.29, 1.82) is 0 Å². The lowest BCUT2D eigenvalue weighted by atomic mass is 9.59. The summed E-state index contributed by atoms with van der Waals surface area (Å²) >= 11 is 0. The first kappa shape index (κ1) is 13.5. The SMILES string of the molecule is CC#CCN1CC[C@]2(C)c3cc(O)ccc3C[C@@H]1[C@@H]2C. The van der Waals surface area contributed by atoms with Crippen LogP contribution in [0.15, 0.2) is 18.2 Å². The largest absolute Gasteiger partial charge is 0.508 e. The van der Waals surface area contributed by atoms with E-state index in [4.69, 9.17) is 0 Å². The molecule has 3 rings (SSSR count). The average Bonchev–Trinajstić information content (AvgIpc) is 2.43. The highest BCUT2D eigenvalue weighted by molar-refractivity contribution is 5.44. The van der Waals surface area contributed by atoms with E-state index in [2.05, 4.69) is 36.7 Å². The van der Waals surface area contributed by atoms with Crippen LogP contribution >= 0.6 is 0 Å². The smallest absolute Gasteiger partial charge is 0.115 e. The van der Waals surface area contributed by atoms with Gasteiger partial charge in [-0.3, -0.25) is 4.90 Å². The van der Waals surface area contributed by atoms with Crippen LogP contribution in [0.3, 0.4) is 0 Å². The number of hydrogen-bond acceptors (Lipinski definition) is 2. The number of phenolic OH excluding ortho intramolecular Hbond substituents is 1. The molecular weight excluding hydrogens is 246 g/mol. The van der Waals surface area contributed by atoms with Gasteiger partial charge in [-0.05, 0) is 54.4 Å². The lowest BCUT2D eigenvalue weighted by Gasteiger charge is -2.54. The third-order valence-corrected chi connectivity index (χ3v) is 5.57. The van der Waals surface area contributed by atoms with Crippen LogP contribution in [0.5, 0.6) is 5.75 Å². The molecule has 0 unspecified atom stereocenters. The Morgan fingerprint density at radius 3 is 3.00 bits per heavy atom. The Hall–Kier alpha value is -1.46. The number of fused-ring (bicyclic) bond motifs is 4. The number of hydrogen-bond donors (Lipinski definition) is 1. The van der Waals surface area contributed by atoms with Crippen molar-refractivity contribution in [3.05, 3.63) is 29.3 Å². The third kappa shape index (κ3) is 1.93. The third-order valence-electron chi connectivity index (χ3n) is 5.57. The van der Waals surface area contributed by atoms with Gasteiger partial charge in [-0.2, -0.15) is 0 Å². The molecule has 1 heterocycles. The molecule has 1 fully saturated rings. The molecule has 1 aliphatic carbocycles. The molecule has 2 bridgehead atoms. The Bertz CT molecular complexity index is 583. The minimum Gasteiger partial charge on any atom is -0.508 e. The summed E-state index contributed by atoms with van der Waals surface area (Å²) in [5, 5.41) is 9.83. The molecule has 1 aliphatic heterocycles. The molecule has 0 saturated carbocycles. The first-order valence-corrected chi connectivity index (χ1v) is 7.52. The van der Waals surface area contributed by atoms with E-state index in [1.807, 2.05) is 19.1 Å². The van der Waals surface area contributed by atoms with Gasteiger partial charge in [0.25, 0.3) is 0 Å². The van der Waals surface area contributed by atoms with E-state index in [0.29, 0.717) is 17.7 Å². The molecule has 20 heavy (non-hydrogen) atoms. The average molecular weight is 269 g/mol. The minimum atomic E-state index is 0.188. The molecule has 2 nitrogen and oxygen atoms in total. The van der Waals surface area contributed by atoms with Crippen molar-refractivity contribution in [2.75, 3.05) is 13.1 Å². The van der Waals surface area contributed by atoms with Gasteiger partial charge in [-0.1, -0.05) is 25.8 Å². The molecule has 1 N–H and O–H groups in total. The van der Waals surface area contributed by atoms with E-state index in [1.54, 1.807) is 0 Å². The summed E-state index contributed by atoms with van der Waals surface area (Å²) in [4.78, 5) is 2.54. The Kier molecular flexibility index (Phi) is 3.26. The van der Waals surface area contributed by atoms with Crippen LogP contribution < -0.4 is 0 Å². The van der Waals surface area contributed by atoms with E-state index >= 15 is 0 Å². The van der Waals surface area contributed by atoms with E-state index in [9.17, 15) is 5.11 Å². The van der Waals surface area contributed by atoms with Gasteiger partial charge in [-0.25, -0.2) is 0 Å². The second-order valence-electron chi connectivity index (χ2n) is 6.47. The molecule has 3 atom stereocenters. The molecule has 0 aromatic heterocycles. The Labute approximate surface area is 121 Å². The van der Waals surface area contributed by atoms with Crippen molar-refractivity contribution in [2.45, 2.75) is 45.1 Å². The van der Waals surface area contributed by atoms with Crippen molar-refractivity contribution in [3.8, 4) is 17.6 Å². The van der Waals surface area contributed by atoms with Crippen LogP contribution in [0.1, 0.15) is 38.3 Å². The highest BCUT2D eigenvalue weighted by Crippen LogP contribution is 2.49. The molecule has 0 radical (unpaired) electrons. The van der Waals surface area contributed by atoms with Crippen LogP contribution in [0.2, 0.25) is 0 Å². The molecule has 1 saturated heterocycles. The van der Waals surface area contributed by atoms with E-state index < -0.39 is 0 Å². The van der Waals surface area contributed by atoms with Crippen molar-refractivity contribution in [3.63, 3.8) is 0 Å². The molecule has 0 amide bonds. The topological polar surface area (TPSA) is 23.5 Å². The molecule has 2 aliphatic rings. The first-order chi connectivity index (χ1) is 9.56. The summed E-state index contributed by atoms with van der Waals surface area (Å²) in [6.07, 6.45) is 2.23. The summed E-state index contributed by atoms with van der Waals surface area (Å²) in [6, 6.07) is 6.50. The highest BCUT2D eigenvalue weighted by Gasteiger charge is 2.48. The standard InChI is InChI=1S/C18H23NO/c1-4-5-9-19-10-8-18(3)13(2)17(19)11-14-6-7-15(20)12-16(14)18/h6-7,12-13,17,20H,8-11H2,1-3H3/t13-,17+,18-/m0/s1. The van der Waals surface area contributed by atoms with Gasteiger partial charge in [-0.15, -0.1) is 5.92 Å². The lowest BCUT2D eigenvalue weighted by molar-refractivity contribution is 0.0412. The van der Waals surface area contributed by atoms with Crippen LogP contribution in [0, 0.1) is 17.8 Å². The number of nitrogens with zero attached hydrogens (tertiary/aromatic N) is 1. The molecule has 106 valence electrons. The van der Waals surface area contributed by atoms with Crippen molar-refractivity contribution < 1.29 is 5.11 Å². The number of piperidine rings is 1. The fourth-order valence-corrected chi connectivity index (χ4v) is 4.07. The second kappa shape index (κ2) is 4.82. The van der Waals surface area contributed by atoms with Crippen molar-refractivity contribution in [1.82, 2.24) is 4.90 Å². The molecular formula is C18H23NO. The van der Waals surface area contributed by atoms with Crippen LogP contribution in [-0.4, -0.2) is 29.1 Å².